The third kappa shape index (κ3) is 4.23. The Hall–Kier alpha value is -1.41. The topological polar surface area (TPSA) is 39.6 Å². The van der Waals surface area contributed by atoms with E-state index in [9.17, 15) is 13.9 Å². The molecule has 0 aliphatic carbocycles. The van der Waals surface area contributed by atoms with Crippen molar-refractivity contribution in [3.8, 4) is 11.3 Å². The van der Waals surface area contributed by atoms with Crippen LogP contribution in [0.3, 0.4) is 0 Å². The molecular formula is C18H23F2N3OS. The molecule has 4 nitrogen and oxygen atoms in total. The lowest BCUT2D eigenvalue weighted by Crippen LogP contribution is -2.50. The third-order valence-electron chi connectivity index (χ3n) is 4.73. The van der Waals surface area contributed by atoms with Gasteiger partial charge in [-0.2, -0.15) is 0 Å². The lowest BCUT2D eigenvalue weighted by atomic mass is 10.1. The van der Waals surface area contributed by atoms with E-state index in [-0.39, 0.29) is 18.2 Å². The van der Waals surface area contributed by atoms with Crippen LogP contribution in [0.15, 0.2) is 23.6 Å². The van der Waals surface area contributed by atoms with E-state index in [4.69, 9.17) is 0 Å². The van der Waals surface area contributed by atoms with Gasteiger partial charge in [0.1, 0.15) is 16.6 Å². The van der Waals surface area contributed by atoms with E-state index in [0.29, 0.717) is 12.2 Å². The van der Waals surface area contributed by atoms with E-state index < -0.39 is 11.6 Å². The predicted octanol–water partition coefficient (Wildman–Crippen LogP) is 2.98. The second-order valence-corrected chi connectivity index (χ2v) is 7.22. The fourth-order valence-corrected chi connectivity index (χ4v) is 4.05. The van der Waals surface area contributed by atoms with Crippen molar-refractivity contribution in [2.75, 3.05) is 32.8 Å². The Morgan fingerprint density at radius 3 is 2.48 bits per heavy atom. The van der Waals surface area contributed by atoms with Crippen LogP contribution in [0.2, 0.25) is 0 Å². The second kappa shape index (κ2) is 8.31. The van der Waals surface area contributed by atoms with Crippen LogP contribution in [0.25, 0.3) is 11.3 Å². The van der Waals surface area contributed by atoms with E-state index in [1.54, 1.807) is 5.38 Å². The first kappa shape index (κ1) is 18.4. The van der Waals surface area contributed by atoms with Crippen molar-refractivity contribution in [3.05, 3.63) is 40.2 Å². The highest BCUT2D eigenvalue weighted by molar-refractivity contribution is 7.09. The molecule has 2 heterocycles. The Kier molecular flexibility index (Phi) is 6.11. The van der Waals surface area contributed by atoms with E-state index in [2.05, 4.69) is 21.7 Å². The minimum Gasteiger partial charge on any atom is -0.395 e. The van der Waals surface area contributed by atoms with Crippen LogP contribution in [0.1, 0.15) is 18.4 Å². The number of benzene rings is 1. The molecule has 1 aliphatic rings. The molecule has 0 saturated carbocycles. The Morgan fingerprint density at radius 2 is 1.88 bits per heavy atom. The molecule has 1 saturated heterocycles. The van der Waals surface area contributed by atoms with Crippen molar-refractivity contribution in [2.24, 2.45) is 0 Å². The van der Waals surface area contributed by atoms with E-state index in [1.165, 1.54) is 29.5 Å². The number of halogens is 2. The van der Waals surface area contributed by atoms with Crippen LogP contribution in [-0.4, -0.2) is 58.7 Å². The van der Waals surface area contributed by atoms with Gasteiger partial charge < -0.3 is 5.11 Å². The molecule has 25 heavy (non-hydrogen) atoms. The summed E-state index contributed by atoms with van der Waals surface area (Å²) in [4.78, 5) is 9.04. The molecule has 0 spiro atoms. The minimum absolute atomic E-state index is 0.0523. The van der Waals surface area contributed by atoms with Crippen LogP contribution in [0, 0.1) is 11.6 Å². The second-order valence-electron chi connectivity index (χ2n) is 6.28. The normalized spacial score (nSPS) is 17.8. The summed E-state index contributed by atoms with van der Waals surface area (Å²) >= 11 is 1.43. The molecule has 1 fully saturated rings. The van der Waals surface area contributed by atoms with Crippen LogP contribution in [-0.2, 0) is 6.54 Å². The minimum atomic E-state index is -0.583. The fourth-order valence-electron chi connectivity index (χ4n) is 3.22. The molecule has 2 aromatic rings. The zero-order chi connectivity index (χ0) is 17.8. The van der Waals surface area contributed by atoms with Crippen LogP contribution >= 0.6 is 11.3 Å². The number of nitrogens with zero attached hydrogens (tertiary/aromatic N) is 3. The number of aromatic nitrogens is 1. The quantitative estimate of drug-likeness (QED) is 0.852. The molecular weight excluding hydrogens is 344 g/mol. The molecule has 1 aliphatic heterocycles. The number of piperazine rings is 1. The summed E-state index contributed by atoms with van der Waals surface area (Å²) in [7, 11) is 0. The molecule has 0 radical (unpaired) electrons. The van der Waals surface area contributed by atoms with Gasteiger partial charge in [-0.1, -0.05) is 13.0 Å². The number of aliphatic hydroxyl groups is 1. The van der Waals surface area contributed by atoms with E-state index in [1.807, 2.05) is 0 Å². The number of rotatable bonds is 6. The van der Waals surface area contributed by atoms with E-state index >= 15 is 0 Å². The summed E-state index contributed by atoms with van der Waals surface area (Å²) in [5.41, 5.74) is 0.309. The van der Waals surface area contributed by atoms with Gasteiger partial charge in [0.15, 0.2) is 0 Å². The number of aliphatic hydroxyl groups excluding tert-OH is 1. The summed E-state index contributed by atoms with van der Waals surface area (Å²) in [6, 6.07) is 4.10. The lowest BCUT2D eigenvalue weighted by molar-refractivity contribution is 0.0608. The number of hydrogen-bond donors (Lipinski definition) is 1. The van der Waals surface area contributed by atoms with Crippen LogP contribution < -0.4 is 0 Å². The maximum atomic E-state index is 13.9. The highest BCUT2D eigenvalue weighted by atomic mass is 32.1. The Labute approximate surface area is 150 Å². The maximum absolute atomic E-state index is 13.9. The first-order valence-corrected chi connectivity index (χ1v) is 9.46. The maximum Gasteiger partial charge on any atom is 0.135 e. The largest absolute Gasteiger partial charge is 0.395 e. The molecule has 1 atom stereocenters. The summed E-state index contributed by atoms with van der Waals surface area (Å²) in [5.74, 6) is -1.17. The number of hydrogen-bond acceptors (Lipinski definition) is 5. The smallest absolute Gasteiger partial charge is 0.135 e. The van der Waals surface area contributed by atoms with Gasteiger partial charge in [-0.3, -0.25) is 9.80 Å². The van der Waals surface area contributed by atoms with Crippen LogP contribution in [0.5, 0.6) is 0 Å². The SMILES string of the molecule is CCC(CO)N1CCN(Cc2nc(-c3c(F)cccc3F)cs2)CC1. The molecule has 1 aromatic heterocycles. The highest BCUT2D eigenvalue weighted by Gasteiger charge is 2.23. The molecule has 1 aromatic carbocycles. The van der Waals surface area contributed by atoms with Crippen molar-refractivity contribution in [2.45, 2.75) is 25.9 Å². The number of thiazole rings is 1. The summed E-state index contributed by atoms with van der Waals surface area (Å²) in [6.07, 6.45) is 0.945. The Bertz CT molecular complexity index is 677. The van der Waals surface area contributed by atoms with E-state index in [0.717, 1.165) is 37.6 Å². The van der Waals surface area contributed by atoms with Crippen molar-refractivity contribution in [3.63, 3.8) is 0 Å². The summed E-state index contributed by atoms with van der Waals surface area (Å²) in [6.45, 7) is 6.61. The Morgan fingerprint density at radius 1 is 1.20 bits per heavy atom. The van der Waals surface area contributed by atoms with Gasteiger partial charge in [0.25, 0.3) is 0 Å². The van der Waals surface area contributed by atoms with Crippen LogP contribution in [0.4, 0.5) is 8.78 Å². The first-order chi connectivity index (χ1) is 12.1. The molecule has 3 rings (SSSR count). The summed E-state index contributed by atoms with van der Waals surface area (Å²) in [5, 5.41) is 12.0. The van der Waals surface area contributed by atoms with Crippen molar-refractivity contribution < 1.29 is 13.9 Å². The average Bonchev–Trinajstić information content (AvgIpc) is 3.05. The van der Waals surface area contributed by atoms with Crippen molar-refractivity contribution >= 4 is 11.3 Å². The zero-order valence-corrected chi connectivity index (χ0v) is 15.1. The average molecular weight is 367 g/mol. The van der Waals surface area contributed by atoms with Gasteiger partial charge in [0.05, 0.1) is 24.4 Å². The molecule has 0 amide bonds. The molecule has 1 unspecified atom stereocenters. The van der Waals surface area contributed by atoms with Gasteiger partial charge in [-0.25, -0.2) is 13.8 Å². The van der Waals surface area contributed by atoms with Gasteiger partial charge in [-0.05, 0) is 18.6 Å². The molecule has 7 heteroatoms. The van der Waals surface area contributed by atoms with Gasteiger partial charge in [0.2, 0.25) is 0 Å². The molecule has 136 valence electrons. The monoisotopic (exact) mass is 367 g/mol. The lowest BCUT2D eigenvalue weighted by Gasteiger charge is -2.38. The first-order valence-electron chi connectivity index (χ1n) is 8.58. The standard InChI is InChI=1S/C18H23F2N3OS/c1-2-13(11-24)23-8-6-22(7-9-23)10-17-21-16(12-25-17)18-14(19)4-3-5-15(18)20/h3-5,12-13,24H,2,6-11H2,1H3. The third-order valence-corrected chi connectivity index (χ3v) is 5.57. The predicted molar refractivity (Wildman–Crippen MR) is 95.5 cm³/mol. The van der Waals surface area contributed by atoms with Gasteiger partial charge >= 0.3 is 0 Å². The molecule has 0 bridgehead atoms. The summed E-state index contributed by atoms with van der Waals surface area (Å²) < 4.78 is 27.8. The Balaban J connectivity index is 1.62. The highest BCUT2D eigenvalue weighted by Crippen LogP contribution is 2.27. The van der Waals surface area contributed by atoms with Gasteiger partial charge in [-0.15, -0.1) is 11.3 Å². The van der Waals surface area contributed by atoms with Crippen molar-refractivity contribution in [1.82, 2.24) is 14.8 Å². The molecule has 1 N–H and O–H groups in total. The van der Waals surface area contributed by atoms with Gasteiger partial charge in [0, 0.05) is 37.6 Å². The van der Waals surface area contributed by atoms with Crippen molar-refractivity contribution in [1.29, 1.82) is 0 Å². The fraction of sp³-hybridized carbons (Fsp3) is 0.500. The zero-order valence-electron chi connectivity index (χ0n) is 14.3.